The lowest BCUT2D eigenvalue weighted by atomic mass is 9.94. The molecule has 6 nitrogen and oxygen atoms in total. The normalized spacial score (nSPS) is 14.9. The van der Waals surface area contributed by atoms with E-state index in [-0.39, 0.29) is 11.5 Å². The van der Waals surface area contributed by atoms with Gasteiger partial charge in [-0.25, -0.2) is 0 Å². The quantitative estimate of drug-likeness (QED) is 0.669. The molecule has 0 radical (unpaired) electrons. The number of benzene rings is 2. The standard InChI is InChI=1S/C23H24N2O4/c1-23(2)13-20-19(14-29-23)21(15-5-9-17(27-3)10-6-15)25(24-20)22(26)16-7-11-18(28-4)12-8-16/h5-12H,13-14H2,1-4H3. The second-order valence-corrected chi connectivity index (χ2v) is 7.67. The van der Waals surface area contributed by atoms with Crippen molar-refractivity contribution in [2.75, 3.05) is 14.2 Å². The average molecular weight is 392 g/mol. The van der Waals surface area contributed by atoms with Crippen molar-refractivity contribution in [1.29, 1.82) is 0 Å². The number of hydrogen-bond donors (Lipinski definition) is 0. The Balaban J connectivity index is 1.83. The van der Waals surface area contributed by atoms with Crippen LogP contribution in [0.5, 0.6) is 11.5 Å². The first-order valence-corrected chi connectivity index (χ1v) is 9.50. The topological polar surface area (TPSA) is 62.6 Å². The molecule has 0 spiro atoms. The highest BCUT2D eigenvalue weighted by atomic mass is 16.5. The second kappa shape index (κ2) is 7.37. The third kappa shape index (κ3) is 3.63. The molecule has 0 bridgehead atoms. The smallest absolute Gasteiger partial charge is 0.278 e. The lowest BCUT2D eigenvalue weighted by molar-refractivity contribution is -0.0404. The Bertz CT molecular complexity index is 1030. The summed E-state index contributed by atoms with van der Waals surface area (Å²) in [7, 11) is 3.23. The van der Waals surface area contributed by atoms with Gasteiger partial charge in [-0.3, -0.25) is 4.79 Å². The molecule has 0 unspecified atom stereocenters. The molecule has 0 atom stereocenters. The molecular formula is C23H24N2O4. The fraction of sp³-hybridized carbons (Fsp3) is 0.304. The van der Waals surface area contributed by atoms with E-state index in [0.29, 0.717) is 24.3 Å². The molecule has 1 aliphatic heterocycles. The van der Waals surface area contributed by atoms with E-state index < -0.39 is 0 Å². The van der Waals surface area contributed by atoms with Gasteiger partial charge in [0.25, 0.3) is 5.91 Å². The molecule has 0 saturated carbocycles. The van der Waals surface area contributed by atoms with Gasteiger partial charge in [0.1, 0.15) is 11.5 Å². The van der Waals surface area contributed by atoms with Crippen LogP contribution < -0.4 is 9.47 Å². The highest BCUT2D eigenvalue weighted by Gasteiger charge is 2.33. The average Bonchev–Trinajstić information content (AvgIpc) is 3.10. The van der Waals surface area contributed by atoms with E-state index in [9.17, 15) is 4.79 Å². The Morgan fingerprint density at radius 2 is 1.59 bits per heavy atom. The third-order valence-electron chi connectivity index (χ3n) is 5.16. The van der Waals surface area contributed by atoms with Crippen LogP contribution in [0.3, 0.4) is 0 Å². The minimum Gasteiger partial charge on any atom is -0.497 e. The molecule has 29 heavy (non-hydrogen) atoms. The van der Waals surface area contributed by atoms with Gasteiger partial charge in [-0.15, -0.1) is 0 Å². The van der Waals surface area contributed by atoms with E-state index in [1.165, 1.54) is 4.68 Å². The van der Waals surface area contributed by atoms with Crippen molar-refractivity contribution in [2.45, 2.75) is 32.5 Å². The Hall–Kier alpha value is -3.12. The Morgan fingerprint density at radius 1 is 1.00 bits per heavy atom. The molecule has 0 fully saturated rings. The van der Waals surface area contributed by atoms with Gasteiger partial charge >= 0.3 is 0 Å². The molecule has 0 amide bonds. The minimum atomic E-state index is -0.313. The maximum atomic E-state index is 13.3. The molecule has 1 aromatic heterocycles. The fourth-order valence-corrected chi connectivity index (χ4v) is 3.56. The number of ether oxygens (including phenoxy) is 3. The van der Waals surface area contributed by atoms with Crippen LogP contribution in [-0.2, 0) is 17.8 Å². The van der Waals surface area contributed by atoms with Crippen molar-refractivity contribution in [3.63, 3.8) is 0 Å². The van der Waals surface area contributed by atoms with Crippen molar-refractivity contribution in [3.8, 4) is 22.8 Å². The zero-order chi connectivity index (χ0) is 20.6. The first-order valence-electron chi connectivity index (χ1n) is 9.50. The van der Waals surface area contributed by atoms with Crippen LogP contribution in [-0.4, -0.2) is 35.5 Å². The monoisotopic (exact) mass is 392 g/mol. The van der Waals surface area contributed by atoms with Gasteiger partial charge < -0.3 is 14.2 Å². The van der Waals surface area contributed by atoms with E-state index in [2.05, 4.69) is 0 Å². The van der Waals surface area contributed by atoms with Gasteiger partial charge in [0.2, 0.25) is 0 Å². The van der Waals surface area contributed by atoms with Gasteiger partial charge in [0.15, 0.2) is 0 Å². The van der Waals surface area contributed by atoms with E-state index in [0.717, 1.165) is 28.3 Å². The summed E-state index contributed by atoms with van der Waals surface area (Å²) in [5, 5.41) is 4.71. The molecule has 1 aliphatic rings. The number of nitrogens with zero attached hydrogens (tertiary/aromatic N) is 2. The van der Waals surface area contributed by atoms with Gasteiger partial charge in [0.05, 0.1) is 37.8 Å². The molecule has 0 aliphatic carbocycles. The van der Waals surface area contributed by atoms with Gasteiger partial charge in [-0.2, -0.15) is 9.78 Å². The molecule has 2 aromatic carbocycles. The van der Waals surface area contributed by atoms with Crippen LogP contribution in [0.4, 0.5) is 0 Å². The Morgan fingerprint density at radius 3 is 2.17 bits per heavy atom. The number of carbonyl (C=O) groups excluding carboxylic acids is 1. The summed E-state index contributed by atoms with van der Waals surface area (Å²) >= 11 is 0. The molecule has 150 valence electrons. The fourth-order valence-electron chi connectivity index (χ4n) is 3.56. The number of aromatic nitrogens is 2. The highest BCUT2D eigenvalue weighted by molar-refractivity contribution is 5.98. The summed E-state index contributed by atoms with van der Waals surface area (Å²) in [6.07, 6.45) is 0.647. The van der Waals surface area contributed by atoms with Crippen LogP contribution in [0.1, 0.15) is 35.5 Å². The first-order chi connectivity index (χ1) is 13.9. The highest BCUT2D eigenvalue weighted by Crippen LogP contribution is 2.35. The lowest BCUT2D eigenvalue weighted by Gasteiger charge is -2.29. The van der Waals surface area contributed by atoms with Gasteiger partial charge in [-0.1, -0.05) is 0 Å². The molecule has 0 N–H and O–H groups in total. The number of carbonyl (C=O) groups is 1. The van der Waals surface area contributed by atoms with Gasteiger partial charge in [-0.05, 0) is 62.4 Å². The number of fused-ring (bicyclic) bond motifs is 1. The SMILES string of the molecule is COc1ccc(C(=O)n2nc3c(c2-c2ccc(OC)cc2)COC(C)(C)C3)cc1. The zero-order valence-corrected chi connectivity index (χ0v) is 17.1. The molecule has 4 rings (SSSR count). The van der Waals surface area contributed by atoms with Crippen molar-refractivity contribution < 1.29 is 19.0 Å². The number of methoxy groups -OCH3 is 2. The molecule has 0 saturated heterocycles. The number of rotatable bonds is 4. The largest absolute Gasteiger partial charge is 0.497 e. The van der Waals surface area contributed by atoms with Crippen LogP contribution >= 0.6 is 0 Å². The molecule has 6 heteroatoms. The summed E-state index contributed by atoms with van der Waals surface area (Å²) in [5.74, 6) is 1.27. The van der Waals surface area contributed by atoms with E-state index in [4.69, 9.17) is 19.3 Å². The van der Waals surface area contributed by atoms with E-state index in [1.807, 2.05) is 38.1 Å². The summed E-state index contributed by atoms with van der Waals surface area (Å²) < 4.78 is 18.0. The van der Waals surface area contributed by atoms with Crippen molar-refractivity contribution in [3.05, 3.63) is 65.4 Å². The van der Waals surface area contributed by atoms with Crippen LogP contribution in [0, 0.1) is 0 Å². The predicted molar refractivity (Wildman–Crippen MR) is 110 cm³/mol. The minimum absolute atomic E-state index is 0.189. The maximum Gasteiger partial charge on any atom is 0.278 e. The van der Waals surface area contributed by atoms with Crippen molar-refractivity contribution in [2.24, 2.45) is 0 Å². The molecule has 3 aromatic rings. The summed E-state index contributed by atoms with van der Waals surface area (Å²) in [6, 6.07) is 14.7. The van der Waals surface area contributed by atoms with Crippen LogP contribution in [0.15, 0.2) is 48.5 Å². The van der Waals surface area contributed by atoms with Crippen LogP contribution in [0.2, 0.25) is 0 Å². The zero-order valence-electron chi connectivity index (χ0n) is 17.1. The van der Waals surface area contributed by atoms with E-state index >= 15 is 0 Å². The molecule has 2 heterocycles. The van der Waals surface area contributed by atoms with Gasteiger partial charge in [0, 0.05) is 23.1 Å². The Kier molecular flexibility index (Phi) is 4.88. The summed E-state index contributed by atoms with van der Waals surface area (Å²) in [6.45, 7) is 4.49. The Labute approximate surface area is 170 Å². The van der Waals surface area contributed by atoms with Crippen LogP contribution in [0.25, 0.3) is 11.3 Å². The lowest BCUT2D eigenvalue weighted by Crippen LogP contribution is -2.31. The second-order valence-electron chi connectivity index (χ2n) is 7.67. The maximum absolute atomic E-state index is 13.3. The predicted octanol–water partition coefficient (Wildman–Crippen LogP) is 4.11. The van der Waals surface area contributed by atoms with E-state index in [1.54, 1.807) is 38.5 Å². The summed E-state index contributed by atoms with van der Waals surface area (Å²) in [5.41, 5.74) is 3.74. The first kappa shape index (κ1) is 19.2. The number of hydrogen-bond acceptors (Lipinski definition) is 5. The molecular weight excluding hydrogens is 368 g/mol. The third-order valence-corrected chi connectivity index (χ3v) is 5.16. The summed E-state index contributed by atoms with van der Waals surface area (Å²) in [4.78, 5) is 13.3. The van der Waals surface area contributed by atoms with Crippen molar-refractivity contribution in [1.82, 2.24) is 9.78 Å². The van der Waals surface area contributed by atoms with Crippen molar-refractivity contribution >= 4 is 5.91 Å².